The van der Waals surface area contributed by atoms with Crippen molar-refractivity contribution in [3.05, 3.63) is 198 Å². The monoisotopic (exact) mass is 678 g/mol. The second-order valence-electron chi connectivity index (χ2n) is 14.2. The maximum absolute atomic E-state index is 4.59. The minimum atomic E-state index is 0.467. The number of anilines is 5. The van der Waals surface area contributed by atoms with Gasteiger partial charge >= 0.3 is 0 Å². The largest absolute Gasteiger partial charge is 0.311 e. The molecule has 0 amide bonds. The van der Waals surface area contributed by atoms with E-state index in [4.69, 9.17) is 0 Å². The summed E-state index contributed by atoms with van der Waals surface area (Å²) in [7, 11) is 0. The Morgan fingerprint density at radius 3 is 1.75 bits per heavy atom. The average Bonchev–Trinajstić information content (AvgIpc) is 3.14. The van der Waals surface area contributed by atoms with Gasteiger partial charge in [-0.3, -0.25) is 0 Å². The number of hydrogen-bond acceptors (Lipinski definition) is 2. The van der Waals surface area contributed by atoms with E-state index in [9.17, 15) is 0 Å². The fraction of sp³-hybridized carbons (Fsp3) is 0.160. The molecule has 0 aliphatic heterocycles. The summed E-state index contributed by atoms with van der Waals surface area (Å²) in [4.78, 5) is 4.61. The van der Waals surface area contributed by atoms with E-state index < -0.39 is 0 Å². The van der Waals surface area contributed by atoms with E-state index in [1.165, 1.54) is 33.0 Å². The van der Waals surface area contributed by atoms with Gasteiger partial charge in [0, 0.05) is 33.8 Å². The smallest absolute Gasteiger partial charge is 0.0540 e. The first-order chi connectivity index (χ1) is 25.1. The van der Waals surface area contributed by atoms with Crippen LogP contribution < -0.4 is 9.80 Å². The van der Waals surface area contributed by atoms with Crippen molar-refractivity contribution in [1.82, 2.24) is 0 Å². The van der Waals surface area contributed by atoms with Gasteiger partial charge in [-0.2, -0.15) is 0 Å². The van der Waals surface area contributed by atoms with Gasteiger partial charge in [-0.1, -0.05) is 138 Å². The van der Waals surface area contributed by atoms with Gasteiger partial charge in [0.15, 0.2) is 0 Å². The molecule has 0 spiro atoms. The molecule has 0 aliphatic rings. The van der Waals surface area contributed by atoms with Gasteiger partial charge < -0.3 is 9.80 Å². The van der Waals surface area contributed by atoms with E-state index in [0.29, 0.717) is 11.8 Å². The maximum atomic E-state index is 4.59. The molecule has 0 N–H and O–H groups in total. The van der Waals surface area contributed by atoms with Gasteiger partial charge in [0.2, 0.25) is 0 Å². The summed E-state index contributed by atoms with van der Waals surface area (Å²) in [6.07, 6.45) is 10.3. The topological polar surface area (TPSA) is 6.48 Å². The lowest BCUT2D eigenvalue weighted by atomic mass is 9.95. The van der Waals surface area contributed by atoms with Crippen molar-refractivity contribution in [2.24, 2.45) is 0 Å². The highest BCUT2D eigenvalue weighted by molar-refractivity contribution is 6.04. The fourth-order valence-corrected chi connectivity index (χ4v) is 6.79. The molecule has 0 saturated carbocycles. The van der Waals surface area contributed by atoms with Gasteiger partial charge in [0.05, 0.1) is 5.69 Å². The van der Waals surface area contributed by atoms with Crippen LogP contribution in [0, 0.1) is 13.8 Å². The predicted octanol–water partition coefficient (Wildman–Crippen LogP) is 14.7. The molecule has 0 aromatic heterocycles. The number of nitrogens with zero attached hydrogens (tertiary/aromatic N) is 2. The number of aryl methyl sites for hydroxylation is 2. The van der Waals surface area contributed by atoms with Gasteiger partial charge in [0.1, 0.15) is 0 Å². The quantitative estimate of drug-likeness (QED) is 0.119. The Labute approximate surface area is 311 Å². The number of rotatable bonds is 12. The van der Waals surface area contributed by atoms with Crippen molar-refractivity contribution in [3.8, 4) is 0 Å². The number of hydrogen-bond donors (Lipinski definition) is 0. The number of benzene rings is 6. The zero-order chi connectivity index (χ0) is 36.8. The molecule has 0 aliphatic carbocycles. The Morgan fingerprint density at radius 2 is 1.15 bits per heavy atom. The first-order valence-corrected chi connectivity index (χ1v) is 18.3. The lowest BCUT2D eigenvalue weighted by molar-refractivity contribution is 0.866. The summed E-state index contributed by atoms with van der Waals surface area (Å²) >= 11 is 0. The highest BCUT2D eigenvalue weighted by atomic mass is 15.1. The number of allylic oxidation sites excluding steroid dienone is 3. The van der Waals surface area contributed by atoms with Crippen molar-refractivity contribution < 1.29 is 0 Å². The Bertz CT molecular complexity index is 2250. The Balaban J connectivity index is 1.46. The van der Waals surface area contributed by atoms with Crippen LogP contribution in [0.5, 0.6) is 0 Å². The average molecular weight is 679 g/mol. The van der Waals surface area contributed by atoms with E-state index in [0.717, 1.165) is 45.3 Å². The third kappa shape index (κ3) is 7.87. The van der Waals surface area contributed by atoms with Gasteiger partial charge in [-0.15, -0.1) is 0 Å². The van der Waals surface area contributed by atoms with Crippen LogP contribution in [0.3, 0.4) is 0 Å². The molecule has 0 saturated heterocycles. The molecule has 0 radical (unpaired) electrons. The molecular formula is C50H50N2. The van der Waals surface area contributed by atoms with Crippen LogP contribution in [0.1, 0.15) is 72.9 Å². The molecular weight excluding hydrogens is 629 g/mol. The Hall–Kier alpha value is -5.86. The zero-order valence-corrected chi connectivity index (χ0v) is 31.5. The summed E-state index contributed by atoms with van der Waals surface area (Å²) in [5, 5.41) is 2.34. The highest BCUT2D eigenvalue weighted by Crippen LogP contribution is 2.41. The Kier molecular flexibility index (Phi) is 11.1. The van der Waals surface area contributed by atoms with E-state index >= 15 is 0 Å². The van der Waals surface area contributed by atoms with E-state index in [2.05, 4.69) is 210 Å². The standard InChI is InChI=1S/C50H50N2/c1-9-10-18-47-42(22-21-39(8)51(45-16-11-14-37(6)33-45)43-28-23-40(24-29-43)35(2)3)27-32-49-48(47)19-13-20-50(49)52(46-17-12-15-38(7)34-46)44-30-25-41(26-31-44)36(4)5/h9-36H,1,8H2,2-7H3/b18-10-,22-21-. The summed E-state index contributed by atoms with van der Waals surface area (Å²) < 4.78 is 0. The van der Waals surface area contributed by atoms with E-state index in [1.807, 2.05) is 12.2 Å². The molecule has 2 nitrogen and oxygen atoms in total. The molecule has 0 heterocycles. The van der Waals surface area contributed by atoms with Crippen LogP contribution in [0.4, 0.5) is 28.4 Å². The second-order valence-corrected chi connectivity index (χ2v) is 14.2. The molecule has 6 aromatic rings. The number of fused-ring (bicyclic) bond motifs is 1. The summed E-state index contributed by atoms with van der Waals surface area (Å²) in [6, 6.07) is 46.3. The lowest BCUT2D eigenvalue weighted by Crippen LogP contribution is -2.14. The molecule has 2 heteroatoms. The molecule has 0 unspecified atom stereocenters. The molecule has 6 aromatic carbocycles. The summed E-state index contributed by atoms with van der Waals surface area (Å²) in [5.74, 6) is 0.935. The molecule has 52 heavy (non-hydrogen) atoms. The molecule has 260 valence electrons. The maximum Gasteiger partial charge on any atom is 0.0540 e. The molecule has 6 rings (SSSR count). The summed E-state index contributed by atoms with van der Waals surface area (Å²) in [5.41, 5.74) is 13.7. The second kappa shape index (κ2) is 16.0. The van der Waals surface area contributed by atoms with Crippen LogP contribution in [0.2, 0.25) is 0 Å². The third-order valence-corrected chi connectivity index (χ3v) is 9.65. The van der Waals surface area contributed by atoms with Gasteiger partial charge in [-0.05, 0) is 125 Å². The van der Waals surface area contributed by atoms with Crippen molar-refractivity contribution >= 4 is 51.4 Å². The van der Waals surface area contributed by atoms with Gasteiger partial charge in [0.25, 0.3) is 0 Å². The molecule has 0 fully saturated rings. The lowest BCUT2D eigenvalue weighted by Gasteiger charge is -2.28. The van der Waals surface area contributed by atoms with Crippen molar-refractivity contribution in [3.63, 3.8) is 0 Å². The van der Waals surface area contributed by atoms with Gasteiger partial charge in [-0.25, -0.2) is 0 Å². The van der Waals surface area contributed by atoms with Crippen LogP contribution in [0.25, 0.3) is 22.9 Å². The molecule has 0 atom stereocenters. The van der Waals surface area contributed by atoms with Crippen molar-refractivity contribution in [2.45, 2.75) is 53.4 Å². The normalized spacial score (nSPS) is 11.6. The highest BCUT2D eigenvalue weighted by Gasteiger charge is 2.18. The van der Waals surface area contributed by atoms with E-state index in [1.54, 1.807) is 0 Å². The first kappa shape index (κ1) is 35.9. The fourth-order valence-electron chi connectivity index (χ4n) is 6.79. The third-order valence-electron chi connectivity index (χ3n) is 9.65. The molecule has 0 bridgehead atoms. The van der Waals surface area contributed by atoms with Crippen LogP contribution >= 0.6 is 0 Å². The minimum absolute atomic E-state index is 0.467. The van der Waals surface area contributed by atoms with Crippen LogP contribution in [0.15, 0.2) is 164 Å². The minimum Gasteiger partial charge on any atom is -0.311 e. The predicted molar refractivity (Wildman–Crippen MR) is 229 cm³/mol. The summed E-state index contributed by atoms with van der Waals surface area (Å²) in [6.45, 7) is 21.8. The van der Waals surface area contributed by atoms with Crippen LogP contribution in [-0.4, -0.2) is 0 Å². The van der Waals surface area contributed by atoms with E-state index in [-0.39, 0.29) is 0 Å². The van der Waals surface area contributed by atoms with Crippen molar-refractivity contribution in [2.75, 3.05) is 9.80 Å². The first-order valence-electron chi connectivity index (χ1n) is 18.3. The Morgan fingerprint density at radius 1 is 0.577 bits per heavy atom. The van der Waals surface area contributed by atoms with Crippen molar-refractivity contribution in [1.29, 1.82) is 0 Å². The zero-order valence-electron chi connectivity index (χ0n) is 31.5. The SMILES string of the molecule is C=C/C=C\c1c(/C=C\C(=C)N(c2ccc(C(C)C)cc2)c2cccc(C)c2)ccc2c(N(c3ccc(C(C)C)cc3)c3cccc(C)c3)cccc12. The van der Waals surface area contributed by atoms with Crippen LogP contribution in [-0.2, 0) is 0 Å².